The second-order valence-electron chi connectivity index (χ2n) is 7.78. The predicted molar refractivity (Wildman–Crippen MR) is 110 cm³/mol. The van der Waals surface area contributed by atoms with Gasteiger partial charge in [0.05, 0.1) is 12.8 Å². The van der Waals surface area contributed by atoms with E-state index in [4.69, 9.17) is 4.74 Å². The van der Waals surface area contributed by atoms with E-state index >= 15 is 0 Å². The van der Waals surface area contributed by atoms with Crippen LogP contribution in [-0.2, 0) is 0 Å². The Morgan fingerprint density at radius 1 is 1.27 bits per heavy atom. The van der Waals surface area contributed by atoms with Crippen molar-refractivity contribution in [3.63, 3.8) is 0 Å². The van der Waals surface area contributed by atoms with Crippen LogP contribution in [0.25, 0.3) is 0 Å². The Hall–Kier alpha value is -1.95. The third-order valence-corrected chi connectivity index (χ3v) is 4.48. The van der Waals surface area contributed by atoms with Gasteiger partial charge in [0.2, 0.25) is 0 Å². The van der Waals surface area contributed by atoms with E-state index in [0.717, 1.165) is 50.7 Å². The number of benzene rings is 1. The highest BCUT2D eigenvalue weighted by Crippen LogP contribution is 2.29. The number of nitrogens with zero attached hydrogens (tertiary/aromatic N) is 2. The van der Waals surface area contributed by atoms with Crippen molar-refractivity contribution in [3.05, 3.63) is 24.3 Å². The zero-order valence-corrected chi connectivity index (χ0v) is 16.9. The molecule has 0 amide bonds. The molecule has 1 atom stereocenters. The number of anilines is 1. The molecule has 1 heterocycles. The van der Waals surface area contributed by atoms with Gasteiger partial charge in [-0.15, -0.1) is 0 Å². The molecule has 1 fully saturated rings. The summed E-state index contributed by atoms with van der Waals surface area (Å²) in [5.74, 6) is 1.80. The van der Waals surface area contributed by atoms with Gasteiger partial charge in [0.15, 0.2) is 5.96 Å². The summed E-state index contributed by atoms with van der Waals surface area (Å²) in [5.41, 5.74) is 1.30. The van der Waals surface area contributed by atoms with Crippen LogP contribution in [0.3, 0.4) is 0 Å². The molecule has 3 N–H and O–H groups in total. The van der Waals surface area contributed by atoms with Gasteiger partial charge >= 0.3 is 0 Å². The van der Waals surface area contributed by atoms with E-state index in [1.807, 2.05) is 19.2 Å². The van der Waals surface area contributed by atoms with Crippen LogP contribution in [0.15, 0.2) is 29.3 Å². The van der Waals surface area contributed by atoms with Crippen molar-refractivity contribution < 1.29 is 4.74 Å². The molecular formula is C20H35N5O. The quantitative estimate of drug-likeness (QED) is 0.412. The van der Waals surface area contributed by atoms with Crippen molar-refractivity contribution in [3.8, 4) is 5.75 Å². The molecule has 0 aliphatic carbocycles. The normalized spacial score (nSPS) is 18.6. The van der Waals surface area contributed by atoms with Crippen LogP contribution in [0.2, 0.25) is 0 Å². The van der Waals surface area contributed by atoms with Gasteiger partial charge in [-0.2, -0.15) is 0 Å². The predicted octanol–water partition coefficient (Wildman–Crippen LogP) is 2.22. The molecule has 1 saturated heterocycles. The lowest BCUT2D eigenvalue weighted by atomic mass is 10.0. The van der Waals surface area contributed by atoms with Gasteiger partial charge in [-0.25, -0.2) is 0 Å². The van der Waals surface area contributed by atoms with Gasteiger partial charge in [-0.3, -0.25) is 4.99 Å². The van der Waals surface area contributed by atoms with Gasteiger partial charge in [0.1, 0.15) is 5.75 Å². The van der Waals surface area contributed by atoms with Gasteiger partial charge in [0.25, 0.3) is 0 Å². The van der Waals surface area contributed by atoms with Crippen molar-refractivity contribution >= 4 is 11.6 Å². The highest BCUT2D eigenvalue weighted by molar-refractivity contribution is 5.80. The lowest BCUT2D eigenvalue weighted by Crippen LogP contribution is -2.52. The molecule has 0 spiro atoms. The first-order valence-corrected chi connectivity index (χ1v) is 9.53. The Labute approximate surface area is 158 Å². The van der Waals surface area contributed by atoms with Crippen LogP contribution < -0.4 is 25.6 Å². The van der Waals surface area contributed by atoms with Crippen LogP contribution in [0, 0.1) is 0 Å². The highest BCUT2D eigenvalue weighted by atomic mass is 16.5. The number of hydrogen-bond donors (Lipinski definition) is 3. The number of piperidine rings is 1. The maximum absolute atomic E-state index is 5.52. The standard InChI is InChI=1S/C20H35N5O/c1-20(2,3)23-13-12-22-19(21-4)24-16-9-8-14-25(15-16)17-10-6-7-11-18(17)26-5/h6-7,10-11,16,23H,8-9,12-15H2,1-5H3,(H2,21,22,24). The van der Waals surface area contributed by atoms with Crippen molar-refractivity contribution in [2.45, 2.75) is 45.2 Å². The Kier molecular flexibility index (Phi) is 7.57. The van der Waals surface area contributed by atoms with Gasteiger partial charge < -0.3 is 25.6 Å². The number of aliphatic imine (C=N–C) groups is 1. The molecule has 1 unspecified atom stereocenters. The van der Waals surface area contributed by atoms with Gasteiger partial charge in [-0.1, -0.05) is 12.1 Å². The minimum atomic E-state index is 0.136. The molecule has 26 heavy (non-hydrogen) atoms. The first-order chi connectivity index (χ1) is 12.4. The molecule has 6 nitrogen and oxygen atoms in total. The second-order valence-corrected chi connectivity index (χ2v) is 7.78. The lowest BCUT2D eigenvalue weighted by Gasteiger charge is -2.36. The summed E-state index contributed by atoms with van der Waals surface area (Å²) >= 11 is 0. The van der Waals surface area contributed by atoms with Crippen LogP contribution >= 0.6 is 0 Å². The zero-order valence-electron chi connectivity index (χ0n) is 16.9. The smallest absolute Gasteiger partial charge is 0.191 e. The van der Waals surface area contributed by atoms with E-state index in [9.17, 15) is 0 Å². The second kappa shape index (κ2) is 9.67. The molecular weight excluding hydrogens is 326 g/mol. The third kappa shape index (κ3) is 6.41. The first-order valence-electron chi connectivity index (χ1n) is 9.53. The van der Waals surface area contributed by atoms with Crippen LogP contribution in [0.5, 0.6) is 5.75 Å². The first kappa shape index (κ1) is 20.4. The maximum Gasteiger partial charge on any atom is 0.191 e. The minimum Gasteiger partial charge on any atom is -0.495 e. The average molecular weight is 362 g/mol. The number of nitrogens with one attached hydrogen (secondary N) is 3. The largest absolute Gasteiger partial charge is 0.495 e. The molecule has 1 aliphatic heterocycles. The molecule has 1 aliphatic rings. The molecule has 146 valence electrons. The summed E-state index contributed by atoms with van der Waals surface area (Å²) in [6, 6.07) is 8.61. The highest BCUT2D eigenvalue weighted by Gasteiger charge is 2.22. The van der Waals surface area contributed by atoms with Crippen molar-refractivity contribution in [2.75, 3.05) is 45.2 Å². The fraction of sp³-hybridized carbons (Fsp3) is 0.650. The summed E-state index contributed by atoms with van der Waals surface area (Å²) < 4.78 is 5.52. The Bertz CT molecular complexity index is 582. The van der Waals surface area contributed by atoms with Gasteiger partial charge in [0, 0.05) is 44.8 Å². The third-order valence-electron chi connectivity index (χ3n) is 4.48. The van der Waals surface area contributed by atoms with E-state index in [2.05, 4.69) is 58.7 Å². The van der Waals surface area contributed by atoms with E-state index in [0.29, 0.717) is 6.04 Å². The van der Waals surface area contributed by atoms with Crippen molar-refractivity contribution in [1.29, 1.82) is 0 Å². The van der Waals surface area contributed by atoms with E-state index in [1.54, 1.807) is 7.11 Å². The Balaban J connectivity index is 1.86. The fourth-order valence-electron chi connectivity index (χ4n) is 3.21. The molecule has 2 rings (SSSR count). The lowest BCUT2D eigenvalue weighted by molar-refractivity contribution is 0.408. The molecule has 0 radical (unpaired) electrons. The molecule has 0 aromatic heterocycles. The van der Waals surface area contributed by atoms with E-state index < -0.39 is 0 Å². The molecule has 1 aromatic rings. The van der Waals surface area contributed by atoms with Crippen LogP contribution in [0.4, 0.5) is 5.69 Å². The summed E-state index contributed by atoms with van der Waals surface area (Å²) in [6.07, 6.45) is 2.30. The molecule has 1 aromatic carbocycles. The van der Waals surface area contributed by atoms with E-state index in [1.165, 1.54) is 5.69 Å². The van der Waals surface area contributed by atoms with Crippen molar-refractivity contribution in [2.24, 2.45) is 4.99 Å². The average Bonchev–Trinajstić information content (AvgIpc) is 2.63. The molecule has 0 saturated carbocycles. The van der Waals surface area contributed by atoms with Crippen molar-refractivity contribution in [1.82, 2.24) is 16.0 Å². The number of hydrogen-bond acceptors (Lipinski definition) is 4. The minimum absolute atomic E-state index is 0.136. The topological polar surface area (TPSA) is 60.9 Å². The maximum atomic E-state index is 5.52. The summed E-state index contributed by atoms with van der Waals surface area (Å²) in [7, 11) is 3.56. The number of rotatable bonds is 6. The summed E-state index contributed by atoms with van der Waals surface area (Å²) in [6.45, 7) is 10.3. The van der Waals surface area contributed by atoms with Crippen LogP contribution in [0.1, 0.15) is 33.6 Å². The molecule has 6 heteroatoms. The summed E-state index contributed by atoms with van der Waals surface area (Å²) in [5, 5.41) is 10.4. The van der Waals surface area contributed by atoms with E-state index in [-0.39, 0.29) is 5.54 Å². The number of guanidine groups is 1. The fourth-order valence-corrected chi connectivity index (χ4v) is 3.21. The molecule has 0 bridgehead atoms. The number of para-hydroxylation sites is 2. The summed E-state index contributed by atoms with van der Waals surface area (Å²) in [4.78, 5) is 6.77. The SMILES string of the molecule is CN=C(NCCNC(C)(C)C)NC1CCCN(c2ccccc2OC)C1. The van der Waals surface area contributed by atoms with Crippen LogP contribution in [-0.4, -0.2) is 57.9 Å². The number of ether oxygens (including phenoxy) is 1. The zero-order chi connectivity index (χ0) is 19.0. The monoisotopic (exact) mass is 361 g/mol. The Morgan fingerprint density at radius 3 is 2.73 bits per heavy atom. The Morgan fingerprint density at radius 2 is 2.04 bits per heavy atom. The number of methoxy groups -OCH3 is 1. The van der Waals surface area contributed by atoms with Gasteiger partial charge in [-0.05, 0) is 45.7 Å².